The van der Waals surface area contributed by atoms with Crippen molar-refractivity contribution < 1.29 is 9.59 Å². The standard InChI is InChI=1S/C23H29N5O2/c29-22(25-17-19-6-4-10-24-16-19)18-26-12-14-27(15-13-26)21-9-5-11-28(23(21)30)20-7-2-1-3-8-20/h1-4,6-8,10,16,21H,5,9,11-15,17-18H2,(H,25,29)/t21-/m0/s1. The van der Waals surface area contributed by atoms with E-state index in [1.807, 2.05) is 47.4 Å². The lowest BCUT2D eigenvalue weighted by atomic mass is 10.0. The molecule has 2 aromatic rings. The summed E-state index contributed by atoms with van der Waals surface area (Å²) in [5, 5.41) is 2.96. The Kier molecular flexibility index (Phi) is 6.71. The summed E-state index contributed by atoms with van der Waals surface area (Å²) in [6.07, 6.45) is 5.41. The van der Waals surface area contributed by atoms with Crippen LogP contribution in [0.4, 0.5) is 5.69 Å². The van der Waals surface area contributed by atoms with Crippen molar-refractivity contribution in [1.29, 1.82) is 0 Å². The third kappa shape index (κ3) is 5.04. The molecule has 2 aliphatic rings. The van der Waals surface area contributed by atoms with Crippen molar-refractivity contribution in [1.82, 2.24) is 20.1 Å². The highest BCUT2D eigenvalue weighted by Gasteiger charge is 2.35. The molecule has 3 heterocycles. The number of benzene rings is 1. The third-order valence-corrected chi connectivity index (χ3v) is 5.91. The summed E-state index contributed by atoms with van der Waals surface area (Å²) in [6, 6.07) is 13.7. The summed E-state index contributed by atoms with van der Waals surface area (Å²) < 4.78 is 0. The first-order chi connectivity index (χ1) is 14.7. The molecule has 7 nitrogen and oxygen atoms in total. The summed E-state index contributed by atoms with van der Waals surface area (Å²) in [6.45, 7) is 4.91. The second-order valence-electron chi connectivity index (χ2n) is 7.93. The predicted octanol–water partition coefficient (Wildman–Crippen LogP) is 1.51. The topological polar surface area (TPSA) is 68.8 Å². The molecule has 0 bridgehead atoms. The molecule has 2 fully saturated rings. The number of hydrogen-bond donors (Lipinski definition) is 1. The van der Waals surface area contributed by atoms with Crippen LogP contribution in [0.15, 0.2) is 54.9 Å². The van der Waals surface area contributed by atoms with Gasteiger partial charge in [0.1, 0.15) is 0 Å². The first-order valence-electron chi connectivity index (χ1n) is 10.7. The van der Waals surface area contributed by atoms with Crippen molar-refractivity contribution in [3.05, 3.63) is 60.4 Å². The monoisotopic (exact) mass is 407 g/mol. The van der Waals surface area contributed by atoms with Crippen LogP contribution in [0.3, 0.4) is 0 Å². The smallest absolute Gasteiger partial charge is 0.244 e. The van der Waals surface area contributed by atoms with E-state index in [0.717, 1.165) is 56.8 Å². The van der Waals surface area contributed by atoms with E-state index in [0.29, 0.717) is 13.1 Å². The number of nitrogens with one attached hydrogen (secondary N) is 1. The molecule has 7 heteroatoms. The summed E-state index contributed by atoms with van der Waals surface area (Å²) in [7, 11) is 0. The van der Waals surface area contributed by atoms with Crippen LogP contribution in [0.2, 0.25) is 0 Å². The first kappa shape index (κ1) is 20.5. The van der Waals surface area contributed by atoms with Gasteiger partial charge in [0.2, 0.25) is 11.8 Å². The number of piperazine rings is 1. The zero-order valence-electron chi connectivity index (χ0n) is 17.2. The molecule has 0 unspecified atom stereocenters. The zero-order chi connectivity index (χ0) is 20.8. The minimum Gasteiger partial charge on any atom is -0.351 e. The molecule has 2 aliphatic heterocycles. The van der Waals surface area contributed by atoms with E-state index in [-0.39, 0.29) is 17.9 Å². The maximum atomic E-state index is 13.1. The Morgan fingerprint density at radius 3 is 2.57 bits per heavy atom. The predicted molar refractivity (Wildman–Crippen MR) is 116 cm³/mol. The Hall–Kier alpha value is -2.77. The largest absolute Gasteiger partial charge is 0.351 e. The molecule has 158 valence electrons. The molecule has 0 saturated carbocycles. The third-order valence-electron chi connectivity index (χ3n) is 5.91. The molecule has 2 saturated heterocycles. The van der Waals surface area contributed by atoms with Gasteiger partial charge in [0, 0.05) is 57.3 Å². The molecular weight excluding hydrogens is 378 g/mol. The number of rotatable bonds is 6. The fraction of sp³-hybridized carbons (Fsp3) is 0.435. The van der Waals surface area contributed by atoms with Gasteiger partial charge in [-0.25, -0.2) is 0 Å². The van der Waals surface area contributed by atoms with Crippen molar-refractivity contribution in [3.63, 3.8) is 0 Å². The van der Waals surface area contributed by atoms with E-state index in [1.54, 1.807) is 12.4 Å². The highest BCUT2D eigenvalue weighted by molar-refractivity contribution is 5.97. The molecular formula is C23H29N5O2. The molecule has 2 amide bonds. The number of amides is 2. The van der Waals surface area contributed by atoms with E-state index >= 15 is 0 Å². The van der Waals surface area contributed by atoms with Gasteiger partial charge < -0.3 is 10.2 Å². The molecule has 1 aromatic carbocycles. The lowest BCUT2D eigenvalue weighted by Gasteiger charge is -2.42. The van der Waals surface area contributed by atoms with Gasteiger partial charge in [-0.05, 0) is 36.6 Å². The number of pyridine rings is 1. The Balaban J connectivity index is 1.25. The summed E-state index contributed by atoms with van der Waals surface area (Å²) >= 11 is 0. The van der Waals surface area contributed by atoms with Gasteiger partial charge in [0.15, 0.2) is 0 Å². The first-order valence-corrected chi connectivity index (χ1v) is 10.7. The number of carbonyl (C=O) groups is 2. The van der Waals surface area contributed by atoms with Crippen molar-refractivity contribution in [2.75, 3.05) is 44.2 Å². The normalized spacial score (nSPS) is 20.9. The van der Waals surface area contributed by atoms with Crippen molar-refractivity contribution >= 4 is 17.5 Å². The van der Waals surface area contributed by atoms with Crippen LogP contribution in [-0.2, 0) is 16.1 Å². The molecule has 4 rings (SSSR count). The maximum Gasteiger partial charge on any atom is 0.244 e. The van der Waals surface area contributed by atoms with Crippen molar-refractivity contribution in [3.8, 4) is 0 Å². The number of carbonyl (C=O) groups excluding carboxylic acids is 2. The van der Waals surface area contributed by atoms with Crippen LogP contribution in [0.1, 0.15) is 18.4 Å². The van der Waals surface area contributed by atoms with Gasteiger partial charge in [-0.15, -0.1) is 0 Å². The summed E-state index contributed by atoms with van der Waals surface area (Å²) in [5.74, 6) is 0.228. The number of nitrogens with zero attached hydrogens (tertiary/aromatic N) is 4. The van der Waals surface area contributed by atoms with Crippen LogP contribution < -0.4 is 10.2 Å². The molecule has 0 spiro atoms. The second-order valence-corrected chi connectivity index (χ2v) is 7.93. The fourth-order valence-electron chi connectivity index (χ4n) is 4.25. The maximum absolute atomic E-state index is 13.1. The quantitative estimate of drug-likeness (QED) is 0.786. The van der Waals surface area contributed by atoms with Gasteiger partial charge in [-0.2, -0.15) is 0 Å². The Bertz CT molecular complexity index is 837. The number of anilines is 1. The van der Waals surface area contributed by atoms with Crippen LogP contribution >= 0.6 is 0 Å². The van der Waals surface area contributed by atoms with Crippen LogP contribution in [0.5, 0.6) is 0 Å². The lowest BCUT2D eigenvalue weighted by Crippen LogP contribution is -2.58. The van der Waals surface area contributed by atoms with Crippen LogP contribution in [-0.4, -0.2) is 71.9 Å². The number of para-hydroxylation sites is 1. The van der Waals surface area contributed by atoms with E-state index in [4.69, 9.17) is 0 Å². The summed E-state index contributed by atoms with van der Waals surface area (Å²) in [5.41, 5.74) is 1.98. The second kappa shape index (κ2) is 9.82. The zero-order valence-corrected chi connectivity index (χ0v) is 17.2. The van der Waals surface area contributed by atoms with Crippen molar-refractivity contribution in [2.45, 2.75) is 25.4 Å². The van der Waals surface area contributed by atoms with Crippen LogP contribution in [0, 0.1) is 0 Å². The number of piperidine rings is 1. The SMILES string of the molecule is O=C(CN1CCN([C@H]2CCCN(c3ccccc3)C2=O)CC1)NCc1cccnc1. The molecule has 0 aliphatic carbocycles. The van der Waals surface area contributed by atoms with E-state index in [2.05, 4.69) is 20.1 Å². The minimum absolute atomic E-state index is 0.0244. The molecule has 1 atom stereocenters. The average molecular weight is 408 g/mol. The molecule has 1 aromatic heterocycles. The number of aromatic nitrogens is 1. The van der Waals surface area contributed by atoms with Crippen LogP contribution in [0.25, 0.3) is 0 Å². The highest BCUT2D eigenvalue weighted by atomic mass is 16.2. The van der Waals surface area contributed by atoms with Crippen molar-refractivity contribution in [2.24, 2.45) is 0 Å². The van der Waals surface area contributed by atoms with Gasteiger partial charge in [-0.3, -0.25) is 24.4 Å². The fourth-order valence-corrected chi connectivity index (χ4v) is 4.25. The Morgan fingerprint density at radius 1 is 1.03 bits per heavy atom. The number of hydrogen-bond acceptors (Lipinski definition) is 5. The average Bonchev–Trinajstić information content (AvgIpc) is 2.80. The van der Waals surface area contributed by atoms with Gasteiger partial charge in [0.25, 0.3) is 0 Å². The Labute approximate surface area is 177 Å². The van der Waals surface area contributed by atoms with Gasteiger partial charge >= 0.3 is 0 Å². The lowest BCUT2D eigenvalue weighted by molar-refractivity contribution is -0.127. The molecule has 30 heavy (non-hydrogen) atoms. The van der Waals surface area contributed by atoms with E-state index in [1.165, 1.54) is 0 Å². The Morgan fingerprint density at radius 2 is 1.83 bits per heavy atom. The van der Waals surface area contributed by atoms with Gasteiger partial charge in [0.05, 0.1) is 12.6 Å². The van der Waals surface area contributed by atoms with Gasteiger partial charge in [-0.1, -0.05) is 24.3 Å². The van der Waals surface area contributed by atoms with E-state index < -0.39 is 0 Å². The minimum atomic E-state index is -0.0551. The van der Waals surface area contributed by atoms with E-state index in [9.17, 15) is 9.59 Å². The molecule has 0 radical (unpaired) electrons. The summed E-state index contributed by atoms with van der Waals surface area (Å²) in [4.78, 5) is 35.8. The molecule has 1 N–H and O–H groups in total. The highest BCUT2D eigenvalue weighted by Crippen LogP contribution is 2.24.